The minimum absolute atomic E-state index is 0.101. The average molecular weight is 295 g/mol. The molecule has 0 atom stereocenters. The molecule has 19 heavy (non-hydrogen) atoms. The molecule has 2 N–H and O–H groups in total. The smallest absolute Gasteiger partial charge is 0.398 e. The van der Waals surface area contributed by atoms with Crippen LogP contribution < -0.4 is 5.73 Å². The number of halogens is 3. The molecular weight excluding hydrogens is 279 g/mol. The molecule has 0 aliphatic carbocycles. The fraction of sp³-hybridized carbons (Fsp3) is 0.500. The predicted octanol–water partition coefficient (Wildman–Crippen LogP) is 3.25. The quantitative estimate of drug-likeness (QED) is 0.670. The molecule has 108 valence electrons. The number of nitrogens with two attached hydrogens (primary N) is 1. The lowest BCUT2D eigenvalue weighted by atomic mass is 10.2. The fourth-order valence-electron chi connectivity index (χ4n) is 1.66. The van der Waals surface area contributed by atoms with E-state index in [-0.39, 0.29) is 16.3 Å². The fourth-order valence-corrected chi connectivity index (χ4v) is 3.16. The van der Waals surface area contributed by atoms with Crippen LogP contribution >= 0.6 is 0 Å². The lowest BCUT2D eigenvalue weighted by molar-refractivity contribution is -0.137. The minimum atomic E-state index is -4.53. The third-order valence-corrected chi connectivity index (χ3v) is 4.56. The first-order valence-electron chi connectivity index (χ1n) is 5.88. The molecule has 0 saturated heterocycles. The Balaban J connectivity index is 3.03. The molecule has 1 aromatic rings. The highest BCUT2D eigenvalue weighted by Crippen LogP contribution is 2.32. The average Bonchev–Trinajstić information content (AvgIpc) is 2.27. The van der Waals surface area contributed by atoms with E-state index >= 15 is 0 Å². The van der Waals surface area contributed by atoms with Gasteiger partial charge in [-0.1, -0.05) is 19.8 Å². The summed E-state index contributed by atoms with van der Waals surface area (Å²) < 4.78 is 61.2. The van der Waals surface area contributed by atoms with Crippen LogP contribution in [0.2, 0.25) is 0 Å². The molecule has 0 spiro atoms. The molecule has 0 aliphatic rings. The van der Waals surface area contributed by atoms with Gasteiger partial charge in [0.15, 0.2) is 9.84 Å². The maximum atomic E-state index is 12.4. The zero-order valence-electron chi connectivity index (χ0n) is 10.5. The summed E-state index contributed by atoms with van der Waals surface area (Å²) in [4.78, 5) is -0.225. The number of hydrogen-bond donors (Lipinski definition) is 1. The number of unbranched alkanes of at least 4 members (excludes halogenated alkanes) is 2. The van der Waals surface area contributed by atoms with Crippen molar-refractivity contribution in [3.05, 3.63) is 23.8 Å². The van der Waals surface area contributed by atoms with E-state index in [0.29, 0.717) is 12.5 Å². The van der Waals surface area contributed by atoms with Gasteiger partial charge in [0.2, 0.25) is 0 Å². The van der Waals surface area contributed by atoms with Crippen LogP contribution in [0.1, 0.15) is 31.7 Å². The van der Waals surface area contributed by atoms with Crippen molar-refractivity contribution in [2.24, 2.45) is 0 Å². The summed E-state index contributed by atoms with van der Waals surface area (Å²) >= 11 is 0. The van der Waals surface area contributed by atoms with Crippen molar-refractivity contribution in [3.8, 4) is 0 Å². The predicted molar refractivity (Wildman–Crippen MR) is 67.4 cm³/mol. The molecule has 7 heteroatoms. The lowest BCUT2D eigenvalue weighted by Crippen LogP contribution is -2.12. The second-order valence-electron chi connectivity index (χ2n) is 4.28. The summed E-state index contributed by atoms with van der Waals surface area (Å²) in [6.07, 6.45) is -2.45. The van der Waals surface area contributed by atoms with Crippen molar-refractivity contribution in [1.82, 2.24) is 0 Å². The van der Waals surface area contributed by atoms with Crippen molar-refractivity contribution in [2.75, 3.05) is 11.5 Å². The van der Waals surface area contributed by atoms with E-state index in [0.717, 1.165) is 25.0 Å². The highest BCUT2D eigenvalue weighted by molar-refractivity contribution is 7.91. The second-order valence-corrected chi connectivity index (χ2v) is 6.35. The van der Waals surface area contributed by atoms with E-state index in [9.17, 15) is 21.6 Å². The number of hydrogen-bond acceptors (Lipinski definition) is 3. The Morgan fingerprint density at radius 2 is 1.84 bits per heavy atom. The summed E-state index contributed by atoms with van der Waals surface area (Å²) in [5.74, 6) is -0.101. The van der Waals surface area contributed by atoms with E-state index in [4.69, 9.17) is 5.73 Å². The van der Waals surface area contributed by atoms with Crippen LogP contribution in [-0.4, -0.2) is 14.2 Å². The van der Waals surface area contributed by atoms with Gasteiger partial charge in [-0.2, -0.15) is 13.2 Å². The Hall–Kier alpha value is -1.24. The van der Waals surface area contributed by atoms with Crippen molar-refractivity contribution in [2.45, 2.75) is 37.3 Å². The standard InChI is InChI=1S/C12H16F3NO2S/c1-2-3-4-7-19(17,18)11-6-5-9(8-10(11)16)12(13,14)15/h5-6,8H,2-4,7,16H2,1H3. The maximum absolute atomic E-state index is 12.4. The molecule has 1 rings (SSSR count). The van der Waals surface area contributed by atoms with E-state index in [1.54, 1.807) is 0 Å². The van der Waals surface area contributed by atoms with Crippen LogP contribution in [0.25, 0.3) is 0 Å². The number of benzene rings is 1. The first kappa shape index (κ1) is 15.8. The van der Waals surface area contributed by atoms with Crippen LogP contribution in [0.5, 0.6) is 0 Å². The Labute approximate surface area is 110 Å². The number of rotatable bonds is 5. The summed E-state index contributed by atoms with van der Waals surface area (Å²) in [6, 6.07) is 2.33. The summed E-state index contributed by atoms with van der Waals surface area (Å²) in [7, 11) is -3.62. The molecule has 0 aromatic heterocycles. The molecular formula is C12H16F3NO2S. The second kappa shape index (κ2) is 5.81. The van der Waals surface area contributed by atoms with Crippen LogP contribution in [0.4, 0.5) is 18.9 Å². The molecule has 0 amide bonds. The molecule has 0 saturated carbocycles. The van der Waals surface area contributed by atoms with Crippen molar-refractivity contribution >= 4 is 15.5 Å². The number of sulfone groups is 1. The van der Waals surface area contributed by atoms with Crippen LogP contribution in [0.15, 0.2) is 23.1 Å². The molecule has 1 aromatic carbocycles. The molecule has 3 nitrogen and oxygen atoms in total. The summed E-state index contributed by atoms with van der Waals surface area (Å²) in [6.45, 7) is 1.93. The topological polar surface area (TPSA) is 60.2 Å². The van der Waals surface area contributed by atoms with Gasteiger partial charge in [0.25, 0.3) is 0 Å². The molecule has 0 radical (unpaired) electrons. The normalized spacial score (nSPS) is 12.6. The summed E-state index contributed by atoms with van der Waals surface area (Å²) in [5.41, 5.74) is 4.13. The van der Waals surface area contributed by atoms with E-state index in [1.807, 2.05) is 6.92 Å². The zero-order valence-corrected chi connectivity index (χ0v) is 11.3. The molecule has 0 heterocycles. The third-order valence-electron chi connectivity index (χ3n) is 2.69. The van der Waals surface area contributed by atoms with Gasteiger partial charge in [-0.25, -0.2) is 8.42 Å². The van der Waals surface area contributed by atoms with Gasteiger partial charge < -0.3 is 5.73 Å². The first-order valence-corrected chi connectivity index (χ1v) is 7.53. The van der Waals surface area contributed by atoms with Crippen LogP contribution in [-0.2, 0) is 16.0 Å². The molecule has 0 fully saturated rings. The molecule has 0 aliphatic heterocycles. The van der Waals surface area contributed by atoms with E-state index < -0.39 is 21.6 Å². The number of nitrogen functional groups attached to an aromatic ring is 1. The van der Waals surface area contributed by atoms with E-state index in [2.05, 4.69) is 0 Å². The third kappa shape index (κ3) is 4.12. The molecule has 0 bridgehead atoms. The highest BCUT2D eigenvalue weighted by Gasteiger charge is 2.31. The van der Waals surface area contributed by atoms with Gasteiger partial charge >= 0.3 is 6.18 Å². The van der Waals surface area contributed by atoms with Gasteiger partial charge in [0.1, 0.15) is 0 Å². The summed E-state index contributed by atoms with van der Waals surface area (Å²) in [5, 5.41) is 0. The van der Waals surface area contributed by atoms with Crippen LogP contribution in [0, 0.1) is 0 Å². The largest absolute Gasteiger partial charge is 0.416 e. The van der Waals surface area contributed by atoms with Gasteiger partial charge in [-0.3, -0.25) is 0 Å². The highest BCUT2D eigenvalue weighted by atomic mass is 32.2. The Bertz CT molecular complexity index is 538. The van der Waals surface area contributed by atoms with Crippen molar-refractivity contribution in [1.29, 1.82) is 0 Å². The van der Waals surface area contributed by atoms with Gasteiger partial charge in [0, 0.05) is 0 Å². The van der Waals surface area contributed by atoms with Gasteiger partial charge in [-0.05, 0) is 24.6 Å². The van der Waals surface area contributed by atoms with Gasteiger partial charge in [-0.15, -0.1) is 0 Å². The monoisotopic (exact) mass is 295 g/mol. The minimum Gasteiger partial charge on any atom is -0.398 e. The Morgan fingerprint density at radius 3 is 2.32 bits per heavy atom. The lowest BCUT2D eigenvalue weighted by Gasteiger charge is -2.11. The van der Waals surface area contributed by atoms with Crippen molar-refractivity contribution < 1.29 is 21.6 Å². The molecule has 0 unspecified atom stereocenters. The van der Waals surface area contributed by atoms with E-state index in [1.165, 1.54) is 0 Å². The Kier molecular flexibility index (Phi) is 4.84. The maximum Gasteiger partial charge on any atom is 0.416 e. The SMILES string of the molecule is CCCCCS(=O)(=O)c1ccc(C(F)(F)F)cc1N. The first-order chi connectivity index (χ1) is 8.68. The number of anilines is 1. The van der Waals surface area contributed by atoms with Gasteiger partial charge in [0.05, 0.1) is 21.9 Å². The number of alkyl halides is 3. The Morgan fingerprint density at radius 1 is 1.21 bits per heavy atom. The van der Waals surface area contributed by atoms with Crippen molar-refractivity contribution in [3.63, 3.8) is 0 Å². The van der Waals surface area contributed by atoms with Crippen LogP contribution in [0.3, 0.4) is 0 Å². The zero-order chi connectivity index (χ0) is 14.7.